The highest BCUT2D eigenvalue weighted by molar-refractivity contribution is 6.27. The molecule has 45 heavy (non-hydrogen) atoms. The Morgan fingerprint density at radius 1 is 0.400 bits per heavy atom. The van der Waals surface area contributed by atoms with Gasteiger partial charge in [0, 0.05) is 38.7 Å². The van der Waals surface area contributed by atoms with Gasteiger partial charge in [-0.05, 0) is 57.6 Å². The molecule has 0 spiro atoms. The molecule has 2 nitrogen and oxygen atoms in total. The molecule has 2 heteroatoms. The van der Waals surface area contributed by atoms with Crippen LogP contribution in [-0.2, 0) is 6.42 Å². The standard InChI is InChI=1S/C43H26N2/c1-3-11-26(12-4-1)30-20-19-28-23-29-24-39-35(25-38(29)44-36-17-9-7-15-33(36)40(30)42(28)44)32-22-21-31(27-13-5-2-6-14-27)41-34-16-8-10-18-37(34)45(39)43(32)41/h1-22,24-25H,23H2. The Labute approximate surface area is 259 Å². The monoisotopic (exact) mass is 570 g/mol. The van der Waals surface area contributed by atoms with Crippen molar-refractivity contribution in [3.8, 4) is 27.9 Å². The van der Waals surface area contributed by atoms with Gasteiger partial charge in [0.1, 0.15) is 0 Å². The van der Waals surface area contributed by atoms with Gasteiger partial charge in [0.05, 0.1) is 33.3 Å². The summed E-state index contributed by atoms with van der Waals surface area (Å²) in [4.78, 5) is 0. The minimum Gasteiger partial charge on any atom is -0.309 e. The molecule has 0 radical (unpaired) electrons. The zero-order chi connectivity index (χ0) is 29.2. The molecule has 0 N–H and O–H groups in total. The highest BCUT2D eigenvalue weighted by Crippen LogP contribution is 2.48. The first-order valence-electron chi connectivity index (χ1n) is 15.8. The van der Waals surface area contributed by atoms with Crippen molar-refractivity contribution in [2.45, 2.75) is 6.42 Å². The molecule has 0 unspecified atom stereocenters. The van der Waals surface area contributed by atoms with Gasteiger partial charge >= 0.3 is 0 Å². The summed E-state index contributed by atoms with van der Waals surface area (Å²) in [5.74, 6) is 0. The number of para-hydroxylation sites is 2. The lowest BCUT2D eigenvalue weighted by Gasteiger charge is -2.22. The van der Waals surface area contributed by atoms with Crippen molar-refractivity contribution in [3.05, 3.63) is 157 Å². The molecular formula is C43H26N2. The molecule has 0 fully saturated rings. The molecule has 0 saturated heterocycles. The van der Waals surface area contributed by atoms with Gasteiger partial charge in [0.25, 0.3) is 0 Å². The quantitative estimate of drug-likeness (QED) is 0.196. The van der Waals surface area contributed by atoms with Crippen LogP contribution in [0, 0.1) is 0 Å². The fourth-order valence-corrected chi connectivity index (χ4v) is 8.41. The lowest BCUT2D eigenvalue weighted by Crippen LogP contribution is -2.08. The second kappa shape index (κ2) is 8.40. The van der Waals surface area contributed by atoms with Crippen LogP contribution in [0.2, 0.25) is 0 Å². The van der Waals surface area contributed by atoms with Crippen LogP contribution in [0.1, 0.15) is 11.1 Å². The molecule has 208 valence electrons. The van der Waals surface area contributed by atoms with Crippen molar-refractivity contribution in [2.24, 2.45) is 0 Å². The zero-order valence-corrected chi connectivity index (χ0v) is 24.5. The van der Waals surface area contributed by atoms with Crippen molar-refractivity contribution in [2.75, 3.05) is 0 Å². The smallest absolute Gasteiger partial charge is 0.0626 e. The predicted molar refractivity (Wildman–Crippen MR) is 189 cm³/mol. The number of hydrogen-bond acceptors (Lipinski definition) is 0. The maximum atomic E-state index is 2.55. The maximum absolute atomic E-state index is 2.55. The summed E-state index contributed by atoms with van der Waals surface area (Å²) in [6.07, 6.45) is 0.915. The normalized spacial score (nSPS) is 12.8. The first-order chi connectivity index (χ1) is 22.3. The maximum Gasteiger partial charge on any atom is 0.0626 e. The molecule has 3 aromatic heterocycles. The van der Waals surface area contributed by atoms with Gasteiger partial charge in [-0.3, -0.25) is 0 Å². The van der Waals surface area contributed by atoms with E-state index >= 15 is 0 Å². The second-order valence-corrected chi connectivity index (χ2v) is 12.5. The van der Waals surface area contributed by atoms with E-state index in [0.29, 0.717) is 0 Å². The predicted octanol–water partition coefficient (Wildman–Crippen LogP) is 11.2. The van der Waals surface area contributed by atoms with Crippen molar-refractivity contribution in [1.82, 2.24) is 8.97 Å². The fourth-order valence-electron chi connectivity index (χ4n) is 8.41. The summed E-state index contributed by atoms with van der Waals surface area (Å²) in [5.41, 5.74) is 15.7. The van der Waals surface area contributed by atoms with E-state index in [9.17, 15) is 0 Å². The second-order valence-electron chi connectivity index (χ2n) is 12.5. The zero-order valence-electron chi connectivity index (χ0n) is 24.5. The topological polar surface area (TPSA) is 9.34 Å². The summed E-state index contributed by atoms with van der Waals surface area (Å²) in [6, 6.07) is 53.9. The number of nitrogens with zero attached hydrogens (tertiary/aromatic N) is 2. The number of benzene rings is 7. The van der Waals surface area contributed by atoms with Gasteiger partial charge in [-0.2, -0.15) is 0 Å². The highest BCUT2D eigenvalue weighted by atomic mass is 15.0. The largest absolute Gasteiger partial charge is 0.309 e. The van der Waals surface area contributed by atoms with E-state index in [0.717, 1.165) is 6.42 Å². The van der Waals surface area contributed by atoms with E-state index in [1.807, 2.05) is 0 Å². The summed E-state index contributed by atoms with van der Waals surface area (Å²) in [7, 11) is 0. The third-order valence-electron chi connectivity index (χ3n) is 10.2. The Hall–Kier alpha value is -5.86. The molecule has 1 aliphatic rings. The van der Waals surface area contributed by atoms with Crippen molar-refractivity contribution in [1.29, 1.82) is 0 Å². The Kier molecular flexibility index (Phi) is 4.40. The molecule has 0 saturated carbocycles. The Balaban J connectivity index is 1.28. The van der Waals surface area contributed by atoms with Crippen LogP contribution >= 0.6 is 0 Å². The van der Waals surface area contributed by atoms with Gasteiger partial charge in [0.15, 0.2) is 0 Å². The van der Waals surface area contributed by atoms with Crippen molar-refractivity contribution >= 4 is 59.9 Å². The Morgan fingerprint density at radius 3 is 1.73 bits per heavy atom. The lowest BCUT2D eigenvalue weighted by molar-refractivity contribution is 1.05. The SMILES string of the molecule is c1ccc(-c2ccc3c4c2c2ccccc2n4-c2cc4c5ccc(-c6ccccc6)c6c7ccccc7n(c4cc2C3)c56)cc1. The van der Waals surface area contributed by atoms with E-state index in [1.165, 1.54) is 99.0 Å². The molecule has 1 aliphatic heterocycles. The first-order valence-corrected chi connectivity index (χ1v) is 15.8. The molecule has 7 aromatic carbocycles. The molecule has 0 amide bonds. The Bertz CT molecular complexity index is 2820. The average Bonchev–Trinajstić information content (AvgIpc) is 3.75. The van der Waals surface area contributed by atoms with E-state index in [1.54, 1.807) is 0 Å². The molecule has 11 rings (SSSR count). The summed E-state index contributed by atoms with van der Waals surface area (Å²) >= 11 is 0. The van der Waals surface area contributed by atoms with Gasteiger partial charge in [-0.25, -0.2) is 0 Å². The van der Waals surface area contributed by atoms with Crippen LogP contribution in [0.5, 0.6) is 0 Å². The van der Waals surface area contributed by atoms with E-state index in [-0.39, 0.29) is 0 Å². The molecular weight excluding hydrogens is 544 g/mol. The van der Waals surface area contributed by atoms with E-state index in [4.69, 9.17) is 0 Å². The van der Waals surface area contributed by atoms with Crippen LogP contribution in [0.15, 0.2) is 146 Å². The fraction of sp³-hybridized carbons (Fsp3) is 0.0233. The van der Waals surface area contributed by atoms with Gasteiger partial charge in [-0.15, -0.1) is 0 Å². The third kappa shape index (κ3) is 2.94. The number of rotatable bonds is 2. The summed E-state index contributed by atoms with van der Waals surface area (Å²) in [5, 5.41) is 7.95. The minimum atomic E-state index is 0.915. The summed E-state index contributed by atoms with van der Waals surface area (Å²) < 4.78 is 5.08. The van der Waals surface area contributed by atoms with Crippen LogP contribution in [0.25, 0.3) is 87.8 Å². The molecule has 10 aromatic rings. The molecule has 0 aliphatic carbocycles. The minimum absolute atomic E-state index is 0.915. The van der Waals surface area contributed by atoms with Crippen molar-refractivity contribution in [3.63, 3.8) is 0 Å². The van der Waals surface area contributed by atoms with Crippen LogP contribution in [-0.4, -0.2) is 8.97 Å². The first kappa shape index (κ1) is 23.6. The van der Waals surface area contributed by atoms with Gasteiger partial charge in [-0.1, -0.05) is 121 Å². The number of fused-ring (bicyclic) bond motifs is 11. The molecule has 0 bridgehead atoms. The number of aromatic nitrogens is 2. The molecule has 4 heterocycles. The Morgan fingerprint density at radius 2 is 1.00 bits per heavy atom. The average molecular weight is 571 g/mol. The summed E-state index contributed by atoms with van der Waals surface area (Å²) in [6.45, 7) is 0. The van der Waals surface area contributed by atoms with Crippen molar-refractivity contribution < 1.29 is 0 Å². The van der Waals surface area contributed by atoms with Crippen LogP contribution in [0.3, 0.4) is 0 Å². The van der Waals surface area contributed by atoms with Crippen LogP contribution in [0.4, 0.5) is 0 Å². The van der Waals surface area contributed by atoms with Crippen LogP contribution < -0.4 is 0 Å². The number of hydrogen-bond donors (Lipinski definition) is 0. The third-order valence-corrected chi connectivity index (χ3v) is 10.2. The van der Waals surface area contributed by atoms with Gasteiger partial charge < -0.3 is 8.97 Å². The van der Waals surface area contributed by atoms with E-state index in [2.05, 4.69) is 155 Å². The lowest BCUT2D eigenvalue weighted by atomic mass is 9.92. The van der Waals surface area contributed by atoms with E-state index < -0.39 is 0 Å². The molecule has 0 atom stereocenters. The van der Waals surface area contributed by atoms with Gasteiger partial charge in [0.2, 0.25) is 0 Å². The highest BCUT2D eigenvalue weighted by Gasteiger charge is 2.27.